The summed E-state index contributed by atoms with van der Waals surface area (Å²) < 4.78 is 6.05. The highest BCUT2D eigenvalue weighted by Crippen LogP contribution is 2.36. The van der Waals surface area contributed by atoms with Crippen molar-refractivity contribution < 1.29 is 14.6 Å². The van der Waals surface area contributed by atoms with Crippen LogP contribution in [0.4, 0.5) is 0 Å². The van der Waals surface area contributed by atoms with Crippen LogP contribution in [0, 0.1) is 0 Å². The molecule has 0 saturated carbocycles. The van der Waals surface area contributed by atoms with E-state index in [-0.39, 0.29) is 23.5 Å². The van der Waals surface area contributed by atoms with Crippen LogP contribution in [-0.4, -0.2) is 16.5 Å². The SMILES string of the molecule is CC1(CC(=O)c2cc(Cl)ccc2O)CCc2ccccc2O1. The minimum atomic E-state index is -0.569. The Morgan fingerprint density at radius 1 is 1.32 bits per heavy atom. The first kappa shape index (κ1) is 14.9. The van der Waals surface area contributed by atoms with Gasteiger partial charge in [0.1, 0.15) is 17.1 Å². The van der Waals surface area contributed by atoms with Crippen LogP contribution in [0.3, 0.4) is 0 Å². The Labute approximate surface area is 134 Å². The fraction of sp³-hybridized carbons (Fsp3) is 0.278. The van der Waals surface area contributed by atoms with Crippen molar-refractivity contribution in [2.45, 2.75) is 31.8 Å². The average Bonchev–Trinajstić information content (AvgIpc) is 2.49. The molecule has 0 fully saturated rings. The van der Waals surface area contributed by atoms with Gasteiger partial charge in [-0.25, -0.2) is 0 Å². The zero-order chi connectivity index (χ0) is 15.7. The molecule has 0 spiro atoms. The number of ketones is 1. The maximum atomic E-state index is 12.5. The normalized spacial score (nSPS) is 20.1. The Kier molecular flexibility index (Phi) is 3.83. The molecule has 1 aliphatic heterocycles. The van der Waals surface area contributed by atoms with Gasteiger partial charge in [0.05, 0.1) is 12.0 Å². The third-order valence-corrected chi connectivity index (χ3v) is 4.28. The molecule has 1 atom stereocenters. The summed E-state index contributed by atoms with van der Waals surface area (Å²) in [5.41, 5.74) is 0.842. The van der Waals surface area contributed by atoms with Crippen LogP contribution in [-0.2, 0) is 6.42 Å². The molecule has 1 aliphatic rings. The summed E-state index contributed by atoms with van der Waals surface area (Å²) in [6.45, 7) is 1.93. The molecule has 1 heterocycles. The number of benzene rings is 2. The van der Waals surface area contributed by atoms with E-state index < -0.39 is 5.60 Å². The number of aryl methyl sites for hydroxylation is 1. The van der Waals surface area contributed by atoms with Crippen molar-refractivity contribution in [2.24, 2.45) is 0 Å². The van der Waals surface area contributed by atoms with E-state index >= 15 is 0 Å². The highest BCUT2D eigenvalue weighted by molar-refractivity contribution is 6.31. The number of phenols is 1. The second-order valence-corrected chi connectivity index (χ2v) is 6.36. The molecular formula is C18H17ClO3. The quantitative estimate of drug-likeness (QED) is 0.854. The van der Waals surface area contributed by atoms with Gasteiger partial charge in [-0.3, -0.25) is 4.79 Å². The number of ether oxygens (including phenoxy) is 1. The Hall–Kier alpha value is -2.00. The lowest BCUT2D eigenvalue weighted by Gasteiger charge is -2.35. The largest absolute Gasteiger partial charge is 0.507 e. The van der Waals surface area contributed by atoms with Crippen LogP contribution in [0.5, 0.6) is 11.5 Å². The van der Waals surface area contributed by atoms with Gasteiger partial charge in [-0.05, 0) is 49.6 Å². The summed E-state index contributed by atoms with van der Waals surface area (Å²) in [7, 11) is 0. The molecule has 3 rings (SSSR count). The van der Waals surface area contributed by atoms with E-state index in [1.807, 2.05) is 31.2 Å². The van der Waals surface area contributed by atoms with E-state index in [1.54, 1.807) is 6.07 Å². The van der Waals surface area contributed by atoms with E-state index in [0.717, 1.165) is 24.2 Å². The first-order valence-electron chi connectivity index (χ1n) is 7.25. The smallest absolute Gasteiger partial charge is 0.170 e. The van der Waals surface area contributed by atoms with Gasteiger partial charge >= 0.3 is 0 Å². The van der Waals surface area contributed by atoms with Crippen molar-refractivity contribution in [1.82, 2.24) is 0 Å². The number of aromatic hydroxyl groups is 1. The van der Waals surface area contributed by atoms with Gasteiger partial charge in [-0.1, -0.05) is 29.8 Å². The lowest BCUT2D eigenvalue weighted by molar-refractivity contribution is 0.0493. The summed E-state index contributed by atoms with van der Waals surface area (Å²) in [5, 5.41) is 10.3. The number of hydrogen-bond donors (Lipinski definition) is 1. The first-order valence-corrected chi connectivity index (χ1v) is 7.63. The molecule has 0 bridgehead atoms. The molecule has 0 aromatic heterocycles. The predicted octanol–water partition coefficient (Wildman–Crippen LogP) is 4.40. The number of rotatable bonds is 3. The van der Waals surface area contributed by atoms with Crippen LogP contribution in [0.2, 0.25) is 5.02 Å². The Bertz CT molecular complexity index is 726. The van der Waals surface area contributed by atoms with Gasteiger partial charge in [-0.2, -0.15) is 0 Å². The number of phenolic OH excluding ortho intramolecular Hbond substituents is 1. The lowest BCUT2D eigenvalue weighted by atomic mass is 9.87. The summed E-state index contributed by atoms with van der Waals surface area (Å²) in [5.74, 6) is 0.621. The van der Waals surface area contributed by atoms with Gasteiger partial charge in [-0.15, -0.1) is 0 Å². The lowest BCUT2D eigenvalue weighted by Crippen LogP contribution is -2.38. The van der Waals surface area contributed by atoms with Gasteiger partial charge in [0.2, 0.25) is 0 Å². The monoisotopic (exact) mass is 316 g/mol. The maximum absolute atomic E-state index is 12.5. The fourth-order valence-corrected chi connectivity index (χ4v) is 2.99. The van der Waals surface area contributed by atoms with E-state index in [1.165, 1.54) is 12.1 Å². The third kappa shape index (κ3) is 2.95. The first-order chi connectivity index (χ1) is 10.5. The second kappa shape index (κ2) is 5.65. The van der Waals surface area contributed by atoms with Crippen molar-refractivity contribution in [3.05, 3.63) is 58.6 Å². The Morgan fingerprint density at radius 2 is 2.09 bits per heavy atom. The molecule has 0 radical (unpaired) electrons. The van der Waals surface area contributed by atoms with Crippen LogP contribution in [0.1, 0.15) is 35.7 Å². The predicted molar refractivity (Wildman–Crippen MR) is 85.9 cm³/mol. The number of para-hydroxylation sites is 1. The number of carbonyl (C=O) groups is 1. The average molecular weight is 317 g/mol. The second-order valence-electron chi connectivity index (χ2n) is 5.92. The number of Topliss-reactive ketones (excluding diaryl/α,β-unsaturated/α-hetero) is 1. The molecular weight excluding hydrogens is 300 g/mol. The molecule has 0 amide bonds. The summed E-state index contributed by atoms with van der Waals surface area (Å²) in [6.07, 6.45) is 1.84. The zero-order valence-corrected chi connectivity index (χ0v) is 13.1. The molecule has 2 aromatic carbocycles. The molecule has 4 heteroatoms. The van der Waals surface area contributed by atoms with Gasteiger partial charge in [0.15, 0.2) is 5.78 Å². The Morgan fingerprint density at radius 3 is 2.91 bits per heavy atom. The third-order valence-electron chi connectivity index (χ3n) is 4.05. The molecule has 22 heavy (non-hydrogen) atoms. The summed E-state index contributed by atoms with van der Waals surface area (Å²) in [4.78, 5) is 12.5. The zero-order valence-electron chi connectivity index (χ0n) is 12.3. The van der Waals surface area contributed by atoms with Crippen molar-refractivity contribution in [3.8, 4) is 11.5 Å². The molecule has 1 unspecified atom stereocenters. The molecule has 0 aliphatic carbocycles. The molecule has 3 nitrogen and oxygen atoms in total. The van der Waals surface area contributed by atoms with Crippen molar-refractivity contribution in [3.63, 3.8) is 0 Å². The standard InChI is InChI=1S/C18H17ClO3/c1-18(9-8-12-4-2-3-5-17(12)22-18)11-16(21)14-10-13(19)6-7-15(14)20/h2-7,10,20H,8-9,11H2,1H3. The van der Waals surface area contributed by atoms with Crippen molar-refractivity contribution in [2.75, 3.05) is 0 Å². The number of carbonyl (C=O) groups excluding carboxylic acids is 1. The van der Waals surface area contributed by atoms with Crippen LogP contribution in [0.15, 0.2) is 42.5 Å². The van der Waals surface area contributed by atoms with E-state index in [2.05, 4.69) is 0 Å². The van der Waals surface area contributed by atoms with Crippen LogP contribution in [0.25, 0.3) is 0 Å². The fourth-order valence-electron chi connectivity index (χ4n) is 2.82. The molecule has 114 valence electrons. The highest BCUT2D eigenvalue weighted by Gasteiger charge is 2.34. The summed E-state index contributed by atoms with van der Waals surface area (Å²) >= 11 is 5.91. The van der Waals surface area contributed by atoms with E-state index in [4.69, 9.17) is 16.3 Å². The van der Waals surface area contributed by atoms with Crippen molar-refractivity contribution >= 4 is 17.4 Å². The number of fused-ring (bicyclic) bond motifs is 1. The minimum absolute atomic E-state index is 0.0470. The maximum Gasteiger partial charge on any atom is 0.170 e. The van der Waals surface area contributed by atoms with Gasteiger partial charge in [0.25, 0.3) is 0 Å². The highest BCUT2D eigenvalue weighted by atomic mass is 35.5. The van der Waals surface area contributed by atoms with Crippen LogP contribution < -0.4 is 4.74 Å². The minimum Gasteiger partial charge on any atom is -0.507 e. The van der Waals surface area contributed by atoms with E-state index in [0.29, 0.717) is 5.02 Å². The molecule has 1 N–H and O–H groups in total. The summed E-state index contributed by atoms with van der Waals surface area (Å²) in [6, 6.07) is 12.4. The van der Waals surface area contributed by atoms with Crippen LogP contribution >= 0.6 is 11.6 Å². The van der Waals surface area contributed by atoms with Gasteiger partial charge in [0, 0.05) is 5.02 Å². The number of halogens is 1. The Balaban J connectivity index is 1.81. The molecule has 0 saturated heterocycles. The number of hydrogen-bond acceptors (Lipinski definition) is 3. The van der Waals surface area contributed by atoms with Crippen molar-refractivity contribution in [1.29, 1.82) is 0 Å². The van der Waals surface area contributed by atoms with E-state index in [9.17, 15) is 9.90 Å². The van der Waals surface area contributed by atoms with Gasteiger partial charge < -0.3 is 9.84 Å². The molecule has 2 aromatic rings. The topological polar surface area (TPSA) is 46.5 Å².